The molecular weight excluding hydrogens is 374 g/mol. The Balaban J connectivity index is 1.13. The lowest BCUT2D eigenvalue weighted by Gasteiger charge is -2.61. The third kappa shape index (κ3) is 4.54. The summed E-state index contributed by atoms with van der Waals surface area (Å²) in [5.41, 5.74) is 1.73. The molecular formula is C24H39N5O. The van der Waals surface area contributed by atoms with E-state index < -0.39 is 0 Å². The van der Waals surface area contributed by atoms with Crippen molar-refractivity contribution in [2.24, 2.45) is 11.3 Å². The van der Waals surface area contributed by atoms with Crippen LogP contribution in [0.15, 0.2) is 12.4 Å². The van der Waals surface area contributed by atoms with Crippen molar-refractivity contribution < 1.29 is 4.79 Å². The summed E-state index contributed by atoms with van der Waals surface area (Å²) in [6.45, 7) is 17.4. The van der Waals surface area contributed by atoms with Gasteiger partial charge in [-0.3, -0.25) is 4.79 Å². The quantitative estimate of drug-likeness (QED) is 0.688. The lowest BCUT2D eigenvalue weighted by molar-refractivity contribution is -0.162. The molecule has 6 nitrogen and oxygen atoms in total. The van der Waals surface area contributed by atoms with Gasteiger partial charge in [0.2, 0.25) is 5.91 Å². The number of carbonyl (C=O) groups is 1. The van der Waals surface area contributed by atoms with Crippen LogP contribution in [0.5, 0.6) is 0 Å². The van der Waals surface area contributed by atoms with Crippen molar-refractivity contribution in [2.75, 3.05) is 52.4 Å². The third-order valence-electron chi connectivity index (χ3n) is 7.52. The Bertz CT molecular complexity index is 712. The molecule has 3 fully saturated rings. The zero-order valence-corrected chi connectivity index (χ0v) is 19.3. The Kier molecular flexibility index (Phi) is 6.44. The first-order chi connectivity index (χ1) is 14.4. The van der Waals surface area contributed by atoms with E-state index in [1.807, 2.05) is 0 Å². The Labute approximate surface area is 182 Å². The van der Waals surface area contributed by atoms with Crippen molar-refractivity contribution in [1.82, 2.24) is 24.7 Å². The molecule has 0 aliphatic carbocycles. The molecule has 1 unspecified atom stereocenters. The molecule has 0 radical (unpaired) electrons. The van der Waals surface area contributed by atoms with Gasteiger partial charge >= 0.3 is 0 Å². The van der Waals surface area contributed by atoms with Gasteiger partial charge in [-0.15, -0.1) is 0 Å². The van der Waals surface area contributed by atoms with Crippen LogP contribution in [0.1, 0.15) is 70.2 Å². The van der Waals surface area contributed by atoms with E-state index in [4.69, 9.17) is 0 Å². The lowest BCUT2D eigenvalue weighted by Crippen LogP contribution is -2.73. The fraction of sp³-hybridized carbons (Fsp3) is 0.792. The maximum atomic E-state index is 12.3. The summed E-state index contributed by atoms with van der Waals surface area (Å²) >= 11 is 0. The fourth-order valence-corrected chi connectivity index (χ4v) is 5.30. The van der Waals surface area contributed by atoms with E-state index >= 15 is 0 Å². The first-order valence-electron chi connectivity index (χ1n) is 11.9. The minimum absolute atomic E-state index is 0.182. The highest BCUT2D eigenvalue weighted by Gasteiger charge is 2.53. The Morgan fingerprint density at radius 2 is 1.63 bits per heavy atom. The molecule has 0 bridgehead atoms. The van der Waals surface area contributed by atoms with Crippen LogP contribution in [-0.2, 0) is 4.79 Å². The number of amides is 1. The average molecular weight is 414 g/mol. The van der Waals surface area contributed by atoms with Gasteiger partial charge in [0.1, 0.15) is 5.82 Å². The molecule has 1 atom stereocenters. The van der Waals surface area contributed by atoms with Gasteiger partial charge in [0.05, 0.1) is 0 Å². The third-order valence-corrected chi connectivity index (χ3v) is 7.52. The zero-order valence-electron chi connectivity index (χ0n) is 19.3. The summed E-state index contributed by atoms with van der Waals surface area (Å²) in [7, 11) is 0. The van der Waals surface area contributed by atoms with Gasteiger partial charge in [-0.1, -0.05) is 27.7 Å². The zero-order chi connectivity index (χ0) is 21.3. The highest BCUT2D eigenvalue weighted by molar-refractivity contribution is 5.79. The van der Waals surface area contributed by atoms with Crippen LogP contribution in [-0.4, -0.2) is 82.9 Å². The highest BCUT2D eigenvalue weighted by atomic mass is 16.2. The van der Waals surface area contributed by atoms with Gasteiger partial charge in [0, 0.05) is 68.9 Å². The van der Waals surface area contributed by atoms with Gasteiger partial charge < -0.3 is 14.7 Å². The van der Waals surface area contributed by atoms with Crippen molar-refractivity contribution in [3.8, 4) is 0 Å². The number of hydrogen-bond acceptors (Lipinski definition) is 5. The summed E-state index contributed by atoms with van der Waals surface area (Å²) in [6.07, 6.45) is 7.47. The van der Waals surface area contributed by atoms with E-state index in [0.717, 1.165) is 31.9 Å². The van der Waals surface area contributed by atoms with E-state index in [1.165, 1.54) is 51.1 Å². The fourth-order valence-electron chi connectivity index (χ4n) is 5.30. The predicted octanol–water partition coefficient (Wildman–Crippen LogP) is 2.97. The second kappa shape index (κ2) is 8.91. The molecule has 1 aromatic heterocycles. The molecule has 1 amide bonds. The molecule has 6 heteroatoms. The van der Waals surface area contributed by atoms with Gasteiger partial charge in [0.25, 0.3) is 0 Å². The van der Waals surface area contributed by atoms with Crippen molar-refractivity contribution in [1.29, 1.82) is 0 Å². The molecule has 1 aromatic rings. The second-order valence-corrected chi connectivity index (χ2v) is 10.4. The van der Waals surface area contributed by atoms with Crippen LogP contribution in [0.4, 0.5) is 0 Å². The van der Waals surface area contributed by atoms with Crippen LogP contribution in [0.2, 0.25) is 0 Å². The highest BCUT2D eigenvalue weighted by Crippen LogP contribution is 2.40. The maximum absolute atomic E-state index is 12.3. The Hall–Kier alpha value is -1.53. The molecule has 30 heavy (non-hydrogen) atoms. The molecule has 1 spiro atoms. The van der Waals surface area contributed by atoms with Crippen molar-refractivity contribution in [3.63, 3.8) is 0 Å². The van der Waals surface area contributed by atoms with Crippen molar-refractivity contribution >= 4 is 5.91 Å². The average Bonchev–Trinajstić information content (AvgIpc) is 2.71. The summed E-state index contributed by atoms with van der Waals surface area (Å²) in [5, 5.41) is 0. The molecule has 0 aromatic carbocycles. The van der Waals surface area contributed by atoms with E-state index in [-0.39, 0.29) is 5.92 Å². The van der Waals surface area contributed by atoms with E-state index in [0.29, 0.717) is 23.2 Å². The standard InChI is InChI=1S/C24H39N5O/c1-5-19(4)23(30)29-16-24(17-29)14-28(15-24)11-10-27-8-6-20(7-9-27)21-12-25-22(18(2)3)26-13-21/h12-13,18-20H,5-11,14-17H2,1-4H3. The summed E-state index contributed by atoms with van der Waals surface area (Å²) in [6, 6.07) is 0. The van der Waals surface area contributed by atoms with Crippen LogP contribution in [0.3, 0.4) is 0 Å². The van der Waals surface area contributed by atoms with Gasteiger partial charge in [0.15, 0.2) is 0 Å². The molecule has 3 saturated heterocycles. The van der Waals surface area contributed by atoms with E-state index in [2.05, 4.69) is 64.8 Å². The van der Waals surface area contributed by atoms with Crippen molar-refractivity contribution in [2.45, 2.75) is 58.8 Å². The Morgan fingerprint density at radius 3 is 2.20 bits per heavy atom. The number of nitrogens with zero attached hydrogens (tertiary/aromatic N) is 5. The maximum Gasteiger partial charge on any atom is 0.225 e. The number of piperidine rings is 1. The molecule has 4 heterocycles. The van der Waals surface area contributed by atoms with Gasteiger partial charge in [-0.25, -0.2) is 9.97 Å². The van der Waals surface area contributed by atoms with Gasteiger partial charge in [-0.05, 0) is 43.8 Å². The smallest absolute Gasteiger partial charge is 0.225 e. The monoisotopic (exact) mass is 413 g/mol. The summed E-state index contributed by atoms with van der Waals surface area (Å²) in [5.74, 6) is 2.49. The second-order valence-electron chi connectivity index (χ2n) is 10.4. The topological polar surface area (TPSA) is 52.6 Å². The summed E-state index contributed by atoms with van der Waals surface area (Å²) in [4.78, 5) is 28.6. The number of hydrogen-bond donors (Lipinski definition) is 0. The van der Waals surface area contributed by atoms with Crippen LogP contribution < -0.4 is 0 Å². The number of rotatable bonds is 7. The number of likely N-dealkylation sites (tertiary alicyclic amines) is 3. The largest absolute Gasteiger partial charge is 0.341 e. The van der Waals surface area contributed by atoms with Gasteiger partial charge in [-0.2, -0.15) is 0 Å². The first kappa shape index (κ1) is 21.7. The van der Waals surface area contributed by atoms with Crippen molar-refractivity contribution in [3.05, 3.63) is 23.8 Å². The molecule has 3 aliphatic rings. The van der Waals surface area contributed by atoms with Crippen LogP contribution in [0.25, 0.3) is 0 Å². The molecule has 166 valence electrons. The van der Waals surface area contributed by atoms with Crippen LogP contribution >= 0.6 is 0 Å². The SMILES string of the molecule is CCC(C)C(=O)N1CC2(CN(CCN3CCC(c4cnc(C(C)C)nc4)CC3)C2)C1. The van der Waals surface area contributed by atoms with E-state index in [9.17, 15) is 4.79 Å². The number of carbonyl (C=O) groups excluding carboxylic acids is 1. The minimum Gasteiger partial charge on any atom is -0.341 e. The first-order valence-corrected chi connectivity index (χ1v) is 11.9. The molecule has 4 rings (SSSR count). The molecule has 0 N–H and O–H groups in total. The predicted molar refractivity (Wildman–Crippen MR) is 119 cm³/mol. The molecule has 0 saturated carbocycles. The van der Waals surface area contributed by atoms with Crippen LogP contribution in [0, 0.1) is 11.3 Å². The Morgan fingerprint density at radius 1 is 1.03 bits per heavy atom. The minimum atomic E-state index is 0.182. The summed E-state index contributed by atoms with van der Waals surface area (Å²) < 4.78 is 0. The number of aromatic nitrogens is 2. The van der Waals surface area contributed by atoms with E-state index in [1.54, 1.807) is 0 Å². The lowest BCUT2D eigenvalue weighted by atomic mass is 9.72. The normalized spacial score (nSPS) is 23.4. The molecule has 3 aliphatic heterocycles.